The van der Waals surface area contributed by atoms with Gasteiger partial charge < -0.3 is 14.6 Å². The van der Waals surface area contributed by atoms with E-state index >= 15 is 0 Å². The highest BCUT2D eigenvalue weighted by Crippen LogP contribution is 2.42. The zero-order valence-corrected chi connectivity index (χ0v) is 12.2. The molecule has 1 unspecified atom stereocenters. The molecule has 1 aromatic heterocycles. The Kier molecular flexibility index (Phi) is 4.93. The molecule has 1 heterocycles. The van der Waals surface area contributed by atoms with Gasteiger partial charge in [-0.25, -0.2) is 0 Å². The molecule has 1 aromatic rings. The lowest BCUT2D eigenvalue weighted by Crippen LogP contribution is -2.37. The monoisotopic (exact) mass is 267 g/mol. The highest BCUT2D eigenvalue weighted by Gasteiger charge is 2.43. The van der Waals surface area contributed by atoms with E-state index in [9.17, 15) is 0 Å². The topological polar surface area (TPSA) is 60.2 Å². The minimum absolute atomic E-state index is 0.277. The molecule has 0 aliphatic heterocycles. The van der Waals surface area contributed by atoms with E-state index in [1.807, 2.05) is 0 Å². The maximum absolute atomic E-state index is 5.57. The second-order valence-electron chi connectivity index (χ2n) is 5.33. The molecule has 0 saturated heterocycles. The Hall–Kier alpha value is -0.940. The summed E-state index contributed by atoms with van der Waals surface area (Å²) in [5.41, 5.74) is -0.277. The van der Waals surface area contributed by atoms with Crippen molar-refractivity contribution in [3.8, 4) is 0 Å². The van der Waals surface area contributed by atoms with Crippen molar-refractivity contribution in [3.63, 3.8) is 0 Å². The fraction of sp³-hybridized carbons (Fsp3) is 0.857. The number of aromatic nitrogens is 2. The van der Waals surface area contributed by atoms with Crippen LogP contribution in [-0.2, 0) is 16.8 Å². The van der Waals surface area contributed by atoms with Gasteiger partial charge in [0.05, 0.1) is 0 Å². The Morgan fingerprint density at radius 3 is 2.74 bits per heavy atom. The van der Waals surface area contributed by atoms with Crippen LogP contribution < -0.4 is 5.32 Å². The van der Waals surface area contributed by atoms with Crippen molar-refractivity contribution in [2.24, 2.45) is 0 Å². The third kappa shape index (κ3) is 3.15. The molecule has 1 saturated carbocycles. The number of rotatable bonds is 8. The zero-order chi connectivity index (χ0) is 13.7. The second-order valence-corrected chi connectivity index (χ2v) is 5.33. The predicted molar refractivity (Wildman–Crippen MR) is 72.9 cm³/mol. The van der Waals surface area contributed by atoms with Crippen LogP contribution in [0.3, 0.4) is 0 Å². The Morgan fingerprint density at radius 2 is 2.21 bits per heavy atom. The summed E-state index contributed by atoms with van der Waals surface area (Å²) >= 11 is 0. The Morgan fingerprint density at radius 1 is 1.42 bits per heavy atom. The molecule has 5 heteroatoms. The summed E-state index contributed by atoms with van der Waals surface area (Å²) in [6.45, 7) is 5.37. The van der Waals surface area contributed by atoms with Crippen LogP contribution in [0.5, 0.6) is 0 Å². The van der Waals surface area contributed by atoms with E-state index in [2.05, 4.69) is 29.3 Å². The summed E-state index contributed by atoms with van der Waals surface area (Å²) in [6.07, 6.45) is 6.16. The summed E-state index contributed by atoms with van der Waals surface area (Å²) in [7, 11) is 1.73. The average molecular weight is 267 g/mol. The standard InChI is InChI=1S/C14H25N3O2/c1-4-9-15-11(5-2)10-12-16-13(17-19-12)14(18-3)7-6-8-14/h11,15H,4-10H2,1-3H3. The minimum Gasteiger partial charge on any atom is -0.370 e. The highest BCUT2D eigenvalue weighted by atomic mass is 16.5. The van der Waals surface area contributed by atoms with Crippen LogP contribution in [0.4, 0.5) is 0 Å². The van der Waals surface area contributed by atoms with E-state index in [0.717, 1.165) is 44.5 Å². The van der Waals surface area contributed by atoms with Crippen molar-refractivity contribution < 1.29 is 9.26 Å². The van der Waals surface area contributed by atoms with Crippen molar-refractivity contribution >= 4 is 0 Å². The highest BCUT2D eigenvalue weighted by molar-refractivity contribution is 5.07. The maximum atomic E-state index is 5.57. The van der Waals surface area contributed by atoms with Crippen LogP contribution in [0, 0.1) is 0 Å². The molecule has 1 aliphatic carbocycles. The van der Waals surface area contributed by atoms with Crippen molar-refractivity contribution in [2.45, 2.75) is 64.0 Å². The number of nitrogens with one attached hydrogen (secondary N) is 1. The van der Waals surface area contributed by atoms with Crippen LogP contribution in [0.1, 0.15) is 57.7 Å². The Bertz CT molecular complexity index is 382. The molecule has 0 amide bonds. The first-order valence-electron chi connectivity index (χ1n) is 7.35. The van der Waals surface area contributed by atoms with Gasteiger partial charge in [0.1, 0.15) is 5.60 Å². The predicted octanol–water partition coefficient (Wildman–Crippen LogP) is 2.42. The van der Waals surface area contributed by atoms with Crippen molar-refractivity contribution in [3.05, 3.63) is 11.7 Å². The summed E-state index contributed by atoms with van der Waals surface area (Å²) in [5, 5.41) is 7.61. The lowest BCUT2D eigenvalue weighted by atomic mass is 9.79. The van der Waals surface area contributed by atoms with E-state index in [0.29, 0.717) is 11.9 Å². The van der Waals surface area contributed by atoms with Crippen LogP contribution in [0.25, 0.3) is 0 Å². The second kappa shape index (κ2) is 6.48. The molecule has 108 valence electrons. The molecule has 19 heavy (non-hydrogen) atoms. The zero-order valence-electron chi connectivity index (χ0n) is 12.2. The largest absolute Gasteiger partial charge is 0.370 e. The SMILES string of the molecule is CCCNC(CC)Cc1nc(C2(OC)CCC2)no1. The first-order valence-corrected chi connectivity index (χ1v) is 7.35. The number of nitrogens with zero attached hydrogens (tertiary/aromatic N) is 2. The molecule has 1 aliphatic rings. The van der Waals surface area contributed by atoms with Gasteiger partial charge in [-0.1, -0.05) is 19.0 Å². The molecule has 0 spiro atoms. The molecular formula is C14H25N3O2. The summed E-state index contributed by atoms with van der Waals surface area (Å²) < 4.78 is 10.9. The van der Waals surface area contributed by atoms with Crippen molar-refractivity contribution in [1.82, 2.24) is 15.5 Å². The van der Waals surface area contributed by atoms with E-state index in [1.165, 1.54) is 6.42 Å². The lowest BCUT2D eigenvalue weighted by molar-refractivity contribution is -0.0858. The fourth-order valence-electron chi connectivity index (χ4n) is 2.46. The van der Waals surface area contributed by atoms with Gasteiger partial charge in [0.25, 0.3) is 0 Å². The van der Waals surface area contributed by atoms with Crippen molar-refractivity contribution in [1.29, 1.82) is 0 Å². The third-order valence-corrected chi connectivity index (χ3v) is 4.02. The molecule has 2 rings (SSSR count). The summed E-state index contributed by atoms with van der Waals surface area (Å²) in [4.78, 5) is 4.53. The Balaban J connectivity index is 1.96. The van der Waals surface area contributed by atoms with Gasteiger partial charge in [-0.15, -0.1) is 0 Å². The first-order chi connectivity index (χ1) is 9.24. The van der Waals surface area contributed by atoms with E-state index in [-0.39, 0.29) is 5.60 Å². The van der Waals surface area contributed by atoms with Gasteiger partial charge in [0.15, 0.2) is 0 Å². The molecule has 5 nitrogen and oxygen atoms in total. The molecular weight excluding hydrogens is 242 g/mol. The smallest absolute Gasteiger partial charge is 0.228 e. The molecule has 1 N–H and O–H groups in total. The van der Waals surface area contributed by atoms with Gasteiger partial charge in [-0.3, -0.25) is 0 Å². The lowest BCUT2D eigenvalue weighted by Gasteiger charge is -2.37. The van der Waals surface area contributed by atoms with Gasteiger partial charge in [-0.05, 0) is 38.6 Å². The average Bonchev–Trinajstić information content (AvgIpc) is 2.82. The molecule has 0 radical (unpaired) electrons. The number of hydrogen-bond donors (Lipinski definition) is 1. The number of methoxy groups -OCH3 is 1. The molecule has 1 atom stereocenters. The molecule has 0 bridgehead atoms. The maximum Gasteiger partial charge on any atom is 0.228 e. The number of ether oxygens (including phenoxy) is 1. The van der Waals surface area contributed by atoms with Gasteiger partial charge in [-0.2, -0.15) is 4.98 Å². The fourth-order valence-corrected chi connectivity index (χ4v) is 2.46. The van der Waals surface area contributed by atoms with E-state index in [1.54, 1.807) is 7.11 Å². The van der Waals surface area contributed by atoms with E-state index in [4.69, 9.17) is 9.26 Å². The third-order valence-electron chi connectivity index (χ3n) is 4.02. The van der Waals surface area contributed by atoms with Crippen LogP contribution in [0.15, 0.2) is 4.52 Å². The quantitative estimate of drug-likeness (QED) is 0.783. The summed E-state index contributed by atoms with van der Waals surface area (Å²) in [5.74, 6) is 1.44. The van der Waals surface area contributed by atoms with Crippen LogP contribution in [0.2, 0.25) is 0 Å². The van der Waals surface area contributed by atoms with Crippen LogP contribution >= 0.6 is 0 Å². The van der Waals surface area contributed by atoms with E-state index < -0.39 is 0 Å². The molecule has 1 fully saturated rings. The van der Waals surface area contributed by atoms with Gasteiger partial charge in [0.2, 0.25) is 11.7 Å². The first kappa shape index (κ1) is 14.5. The minimum atomic E-state index is -0.277. The van der Waals surface area contributed by atoms with Gasteiger partial charge in [0, 0.05) is 19.6 Å². The van der Waals surface area contributed by atoms with Crippen LogP contribution in [-0.4, -0.2) is 29.8 Å². The summed E-state index contributed by atoms with van der Waals surface area (Å²) in [6, 6.07) is 0.410. The van der Waals surface area contributed by atoms with Gasteiger partial charge >= 0.3 is 0 Å². The Labute approximate surface area is 115 Å². The number of hydrogen-bond acceptors (Lipinski definition) is 5. The molecule has 0 aromatic carbocycles. The normalized spacial score (nSPS) is 19.1. The van der Waals surface area contributed by atoms with Crippen molar-refractivity contribution in [2.75, 3.05) is 13.7 Å².